The van der Waals surface area contributed by atoms with Gasteiger partial charge in [-0.05, 0) is 23.8 Å². The number of aliphatic hydroxyl groups is 1. The van der Waals surface area contributed by atoms with Gasteiger partial charge < -0.3 is 9.84 Å². The SMILES string of the molecule is CC1(C)CCC=C(C=O)[C@H]1CC(=O)OCCO. The minimum Gasteiger partial charge on any atom is -0.463 e. The lowest BCUT2D eigenvalue weighted by Crippen LogP contribution is -2.31. The van der Waals surface area contributed by atoms with E-state index in [2.05, 4.69) is 13.8 Å². The molecule has 0 bridgehead atoms. The van der Waals surface area contributed by atoms with Crippen LogP contribution >= 0.6 is 0 Å². The molecule has 1 aliphatic carbocycles. The van der Waals surface area contributed by atoms with Gasteiger partial charge in [0.15, 0.2) is 0 Å². The Labute approximate surface area is 102 Å². The van der Waals surface area contributed by atoms with Crippen molar-refractivity contribution < 1.29 is 19.4 Å². The van der Waals surface area contributed by atoms with Gasteiger partial charge in [0.1, 0.15) is 12.9 Å². The molecule has 4 heteroatoms. The molecule has 0 fully saturated rings. The van der Waals surface area contributed by atoms with Crippen molar-refractivity contribution in [3.63, 3.8) is 0 Å². The molecule has 0 aromatic carbocycles. The third-order valence-corrected chi connectivity index (χ3v) is 3.38. The van der Waals surface area contributed by atoms with Crippen LogP contribution in [0.1, 0.15) is 33.1 Å². The molecular formula is C13H20O4. The van der Waals surface area contributed by atoms with Crippen molar-refractivity contribution in [2.24, 2.45) is 11.3 Å². The third kappa shape index (κ3) is 3.66. The van der Waals surface area contributed by atoms with Crippen molar-refractivity contribution in [3.05, 3.63) is 11.6 Å². The normalized spacial score (nSPS) is 22.8. The molecule has 17 heavy (non-hydrogen) atoms. The first-order chi connectivity index (χ1) is 8.01. The van der Waals surface area contributed by atoms with Crippen molar-refractivity contribution in [2.75, 3.05) is 13.2 Å². The number of esters is 1. The quantitative estimate of drug-likeness (QED) is 0.584. The Balaban J connectivity index is 2.70. The fraction of sp³-hybridized carbons (Fsp3) is 0.692. The molecule has 1 N–H and O–H groups in total. The fourth-order valence-corrected chi connectivity index (χ4v) is 2.29. The van der Waals surface area contributed by atoms with Crippen LogP contribution < -0.4 is 0 Å². The van der Waals surface area contributed by atoms with Gasteiger partial charge in [-0.3, -0.25) is 9.59 Å². The summed E-state index contributed by atoms with van der Waals surface area (Å²) in [6.07, 6.45) is 4.79. The molecule has 0 heterocycles. The molecule has 0 saturated heterocycles. The lowest BCUT2D eigenvalue weighted by Gasteiger charge is -2.37. The second-order valence-electron chi connectivity index (χ2n) is 5.05. The second-order valence-corrected chi connectivity index (χ2v) is 5.05. The summed E-state index contributed by atoms with van der Waals surface area (Å²) in [6.45, 7) is 3.98. The average molecular weight is 240 g/mol. The van der Waals surface area contributed by atoms with Gasteiger partial charge in [-0.25, -0.2) is 0 Å². The highest BCUT2D eigenvalue weighted by molar-refractivity contribution is 5.78. The summed E-state index contributed by atoms with van der Waals surface area (Å²) in [6, 6.07) is 0. The van der Waals surface area contributed by atoms with Crippen molar-refractivity contribution in [1.82, 2.24) is 0 Å². The summed E-state index contributed by atoms with van der Waals surface area (Å²) in [4.78, 5) is 22.5. The molecule has 0 aliphatic heterocycles. The summed E-state index contributed by atoms with van der Waals surface area (Å²) >= 11 is 0. The first-order valence-corrected chi connectivity index (χ1v) is 5.93. The summed E-state index contributed by atoms with van der Waals surface area (Å²) in [7, 11) is 0. The molecule has 0 amide bonds. The van der Waals surface area contributed by atoms with Crippen LogP contribution in [-0.4, -0.2) is 30.6 Å². The molecule has 0 aromatic heterocycles. The lowest BCUT2D eigenvalue weighted by molar-refractivity contribution is -0.146. The molecule has 96 valence electrons. The van der Waals surface area contributed by atoms with Crippen LogP contribution in [0.25, 0.3) is 0 Å². The van der Waals surface area contributed by atoms with E-state index in [0.717, 1.165) is 19.1 Å². The Morgan fingerprint density at radius 3 is 2.94 bits per heavy atom. The number of allylic oxidation sites excluding steroid dienone is 2. The minimum absolute atomic E-state index is 0.0200. The Morgan fingerprint density at radius 2 is 2.35 bits per heavy atom. The molecule has 0 unspecified atom stereocenters. The maximum atomic E-state index is 11.5. The Morgan fingerprint density at radius 1 is 1.65 bits per heavy atom. The van der Waals surface area contributed by atoms with Gasteiger partial charge in [0, 0.05) is 5.92 Å². The first-order valence-electron chi connectivity index (χ1n) is 5.93. The average Bonchev–Trinajstić information content (AvgIpc) is 2.28. The van der Waals surface area contributed by atoms with Gasteiger partial charge in [0.25, 0.3) is 0 Å². The second kappa shape index (κ2) is 5.96. The van der Waals surface area contributed by atoms with Crippen molar-refractivity contribution in [1.29, 1.82) is 0 Å². The number of carbonyl (C=O) groups excluding carboxylic acids is 2. The van der Waals surface area contributed by atoms with E-state index in [-0.39, 0.29) is 36.9 Å². The van der Waals surface area contributed by atoms with E-state index < -0.39 is 0 Å². The van der Waals surface area contributed by atoms with Crippen LogP contribution in [0.3, 0.4) is 0 Å². The molecule has 4 nitrogen and oxygen atoms in total. The number of aldehydes is 1. The molecular weight excluding hydrogens is 220 g/mol. The van der Waals surface area contributed by atoms with Crippen LogP contribution in [0.4, 0.5) is 0 Å². The minimum atomic E-state index is -0.355. The van der Waals surface area contributed by atoms with Crippen molar-refractivity contribution >= 4 is 12.3 Å². The number of rotatable bonds is 5. The zero-order valence-corrected chi connectivity index (χ0v) is 10.4. The van der Waals surface area contributed by atoms with Gasteiger partial charge >= 0.3 is 5.97 Å². The number of ether oxygens (including phenoxy) is 1. The van der Waals surface area contributed by atoms with E-state index in [1.165, 1.54) is 0 Å². The van der Waals surface area contributed by atoms with Gasteiger partial charge in [0.05, 0.1) is 13.0 Å². The maximum absolute atomic E-state index is 11.5. The van der Waals surface area contributed by atoms with E-state index in [1.54, 1.807) is 0 Å². The molecule has 1 aliphatic rings. The van der Waals surface area contributed by atoms with E-state index >= 15 is 0 Å². The lowest BCUT2D eigenvalue weighted by atomic mass is 9.67. The number of hydrogen-bond donors (Lipinski definition) is 1. The monoisotopic (exact) mass is 240 g/mol. The molecule has 0 aromatic rings. The molecule has 0 saturated carbocycles. The molecule has 0 spiro atoms. The van der Waals surface area contributed by atoms with E-state index in [0.29, 0.717) is 5.57 Å². The fourth-order valence-electron chi connectivity index (χ4n) is 2.29. The highest BCUT2D eigenvalue weighted by Crippen LogP contribution is 2.42. The number of hydrogen-bond acceptors (Lipinski definition) is 4. The van der Waals surface area contributed by atoms with Gasteiger partial charge in [-0.2, -0.15) is 0 Å². The van der Waals surface area contributed by atoms with Crippen LogP contribution in [-0.2, 0) is 14.3 Å². The van der Waals surface area contributed by atoms with Crippen LogP contribution in [0, 0.1) is 11.3 Å². The first kappa shape index (κ1) is 13.9. The zero-order chi connectivity index (χ0) is 12.9. The smallest absolute Gasteiger partial charge is 0.306 e. The molecule has 1 atom stereocenters. The topological polar surface area (TPSA) is 63.6 Å². The van der Waals surface area contributed by atoms with Crippen LogP contribution in [0.2, 0.25) is 0 Å². The predicted octanol–water partition coefficient (Wildman–Crippen LogP) is 1.47. The Bertz CT molecular complexity index is 317. The largest absolute Gasteiger partial charge is 0.463 e. The summed E-state index contributed by atoms with van der Waals surface area (Å²) in [5.41, 5.74) is 0.630. The Kier molecular flexibility index (Phi) is 4.87. The highest BCUT2D eigenvalue weighted by Gasteiger charge is 2.36. The van der Waals surface area contributed by atoms with E-state index in [9.17, 15) is 9.59 Å². The third-order valence-electron chi connectivity index (χ3n) is 3.38. The Hall–Kier alpha value is -1.16. The maximum Gasteiger partial charge on any atom is 0.306 e. The molecule has 1 rings (SSSR count). The van der Waals surface area contributed by atoms with Crippen molar-refractivity contribution in [2.45, 2.75) is 33.1 Å². The molecule has 0 radical (unpaired) electrons. The summed E-state index contributed by atoms with van der Waals surface area (Å²) in [5, 5.41) is 8.58. The number of aliphatic hydroxyl groups excluding tert-OH is 1. The summed E-state index contributed by atoms with van der Waals surface area (Å²) in [5.74, 6) is -0.438. The van der Waals surface area contributed by atoms with Crippen LogP contribution in [0.5, 0.6) is 0 Å². The van der Waals surface area contributed by atoms with E-state index in [4.69, 9.17) is 9.84 Å². The van der Waals surface area contributed by atoms with Gasteiger partial charge in [-0.1, -0.05) is 19.9 Å². The van der Waals surface area contributed by atoms with Crippen molar-refractivity contribution in [3.8, 4) is 0 Å². The van der Waals surface area contributed by atoms with Crippen LogP contribution in [0.15, 0.2) is 11.6 Å². The summed E-state index contributed by atoms with van der Waals surface area (Å²) < 4.78 is 4.85. The highest BCUT2D eigenvalue weighted by atomic mass is 16.5. The predicted molar refractivity (Wildman–Crippen MR) is 63.3 cm³/mol. The number of carbonyl (C=O) groups is 2. The van der Waals surface area contributed by atoms with Gasteiger partial charge in [0.2, 0.25) is 0 Å². The standard InChI is InChI=1S/C13H20O4/c1-13(2)5-3-4-10(9-15)11(13)8-12(16)17-7-6-14/h4,9,11,14H,3,5-8H2,1-2H3/t11-/m1/s1. The van der Waals surface area contributed by atoms with E-state index in [1.807, 2.05) is 6.08 Å². The zero-order valence-electron chi connectivity index (χ0n) is 10.4. The van der Waals surface area contributed by atoms with Gasteiger partial charge in [-0.15, -0.1) is 0 Å².